The molecule has 0 aliphatic carbocycles. The van der Waals surface area contributed by atoms with Gasteiger partial charge >= 0.3 is 0 Å². The molecule has 11 heteroatoms. The van der Waals surface area contributed by atoms with Crippen molar-refractivity contribution in [3.05, 3.63) is 46.7 Å². The van der Waals surface area contributed by atoms with Gasteiger partial charge in [0.15, 0.2) is 9.84 Å². The molecule has 0 radical (unpaired) electrons. The molecular formula is C20H28N2O6S3. The monoisotopic (exact) mass is 488 g/mol. The third-order valence-corrected chi connectivity index (χ3v) is 9.14. The summed E-state index contributed by atoms with van der Waals surface area (Å²) in [5.74, 6) is 0.419. The number of morpholine rings is 1. The highest BCUT2D eigenvalue weighted by Crippen LogP contribution is 2.26. The molecule has 1 saturated heterocycles. The van der Waals surface area contributed by atoms with Gasteiger partial charge in [0, 0.05) is 30.3 Å². The molecule has 0 amide bonds. The fraction of sp³-hybridized carbons (Fsp3) is 0.500. The fourth-order valence-electron chi connectivity index (χ4n) is 3.20. The Morgan fingerprint density at radius 1 is 1.13 bits per heavy atom. The van der Waals surface area contributed by atoms with Gasteiger partial charge < -0.3 is 9.47 Å². The van der Waals surface area contributed by atoms with E-state index in [1.54, 1.807) is 18.3 Å². The van der Waals surface area contributed by atoms with Gasteiger partial charge in [-0.2, -0.15) is 0 Å². The van der Waals surface area contributed by atoms with Gasteiger partial charge in [-0.1, -0.05) is 13.0 Å². The first-order chi connectivity index (χ1) is 14.8. The van der Waals surface area contributed by atoms with E-state index in [0.717, 1.165) is 18.0 Å². The van der Waals surface area contributed by atoms with Crippen molar-refractivity contribution in [1.82, 2.24) is 9.62 Å². The van der Waals surface area contributed by atoms with Gasteiger partial charge in [0.2, 0.25) is 10.0 Å². The summed E-state index contributed by atoms with van der Waals surface area (Å²) in [5, 5.41) is 1.99. The predicted octanol–water partition coefficient (Wildman–Crippen LogP) is 1.91. The highest BCUT2D eigenvalue weighted by molar-refractivity contribution is 7.91. The van der Waals surface area contributed by atoms with Gasteiger partial charge in [0.1, 0.15) is 12.4 Å². The molecule has 3 rings (SSSR count). The largest absolute Gasteiger partial charge is 0.493 e. The molecule has 1 aromatic heterocycles. The Kier molecular flexibility index (Phi) is 8.48. The Labute approximate surface area is 188 Å². The average molecular weight is 489 g/mol. The lowest BCUT2D eigenvalue weighted by molar-refractivity contribution is 0.0179. The van der Waals surface area contributed by atoms with Crippen LogP contribution >= 0.6 is 11.3 Å². The van der Waals surface area contributed by atoms with Gasteiger partial charge in [0.05, 0.1) is 29.9 Å². The maximum absolute atomic E-state index is 12.8. The first kappa shape index (κ1) is 24.1. The number of hydrogen-bond donors (Lipinski definition) is 1. The predicted molar refractivity (Wildman–Crippen MR) is 121 cm³/mol. The Hall–Kier alpha value is -1.50. The first-order valence-electron chi connectivity index (χ1n) is 10.1. The lowest BCUT2D eigenvalue weighted by atomic mass is 10.2. The van der Waals surface area contributed by atoms with E-state index in [-0.39, 0.29) is 35.6 Å². The molecule has 31 heavy (non-hydrogen) atoms. The topological polar surface area (TPSA) is 102 Å². The number of nitrogens with one attached hydrogen (secondary N) is 1. The van der Waals surface area contributed by atoms with Crippen LogP contribution < -0.4 is 9.46 Å². The molecule has 2 heterocycles. The first-order valence-corrected chi connectivity index (χ1v) is 14.3. The summed E-state index contributed by atoms with van der Waals surface area (Å²) in [6, 6.07) is 9.91. The molecule has 1 aliphatic heterocycles. The molecule has 0 saturated carbocycles. The maximum atomic E-state index is 12.8. The van der Waals surface area contributed by atoms with Crippen LogP contribution in [0.2, 0.25) is 0 Å². The Balaban J connectivity index is 1.61. The van der Waals surface area contributed by atoms with Crippen molar-refractivity contribution in [2.75, 3.05) is 51.0 Å². The molecule has 1 aromatic carbocycles. The normalized spacial score (nSPS) is 16.8. The zero-order valence-electron chi connectivity index (χ0n) is 17.4. The van der Waals surface area contributed by atoms with Crippen LogP contribution in [0.4, 0.5) is 0 Å². The molecule has 1 atom stereocenters. The lowest BCUT2D eigenvalue weighted by Crippen LogP contribution is -2.43. The molecule has 2 aromatic rings. The van der Waals surface area contributed by atoms with Crippen molar-refractivity contribution in [2.45, 2.75) is 17.9 Å². The van der Waals surface area contributed by atoms with Gasteiger partial charge in [-0.15, -0.1) is 11.3 Å². The summed E-state index contributed by atoms with van der Waals surface area (Å²) in [7, 11) is -6.81. The number of benzene rings is 1. The highest BCUT2D eigenvalue weighted by atomic mass is 32.2. The minimum Gasteiger partial charge on any atom is -0.493 e. The van der Waals surface area contributed by atoms with E-state index in [1.807, 2.05) is 17.5 Å². The van der Waals surface area contributed by atoms with E-state index >= 15 is 0 Å². The molecule has 1 unspecified atom stereocenters. The van der Waals surface area contributed by atoms with E-state index in [1.165, 1.54) is 24.3 Å². The van der Waals surface area contributed by atoms with Crippen LogP contribution in [-0.4, -0.2) is 72.7 Å². The minimum absolute atomic E-state index is 0.0303. The summed E-state index contributed by atoms with van der Waals surface area (Å²) in [6.07, 6.45) is 0. The smallest absolute Gasteiger partial charge is 0.240 e. The van der Waals surface area contributed by atoms with Crippen molar-refractivity contribution in [2.24, 2.45) is 0 Å². The molecule has 1 fully saturated rings. The summed E-state index contributed by atoms with van der Waals surface area (Å²) in [4.78, 5) is 3.47. The minimum atomic E-state index is -3.70. The van der Waals surface area contributed by atoms with Crippen molar-refractivity contribution in [1.29, 1.82) is 0 Å². The standard InChI is InChI=1S/C20H28N2O6S3/c1-2-30(23,24)15-13-28-17-5-7-18(8-6-17)31(25,26)21-16-19(20-4-3-14-29-20)22-9-11-27-12-10-22/h3-8,14,19,21H,2,9-13,15-16H2,1H3. The molecular weight excluding hydrogens is 460 g/mol. The quantitative estimate of drug-likeness (QED) is 0.515. The van der Waals surface area contributed by atoms with E-state index < -0.39 is 19.9 Å². The van der Waals surface area contributed by atoms with Crippen molar-refractivity contribution in [3.8, 4) is 5.75 Å². The lowest BCUT2D eigenvalue weighted by Gasteiger charge is -2.34. The Morgan fingerprint density at radius 3 is 2.45 bits per heavy atom. The van der Waals surface area contributed by atoms with Crippen LogP contribution in [0.3, 0.4) is 0 Å². The number of nitrogens with zero attached hydrogens (tertiary/aromatic N) is 1. The fourth-order valence-corrected chi connectivity index (χ4v) is 5.72. The maximum Gasteiger partial charge on any atom is 0.240 e. The van der Waals surface area contributed by atoms with Crippen LogP contribution in [0, 0.1) is 0 Å². The van der Waals surface area contributed by atoms with Crippen LogP contribution in [0.1, 0.15) is 17.8 Å². The van der Waals surface area contributed by atoms with E-state index in [4.69, 9.17) is 9.47 Å². The molecule has 0 spiro atoms. The molecule has 8 nitrogen and oxygen atoms in total. The van der Waals surface area contributed by atoms with Crippen molar-refractivity contribution >= 4 is 31.2 Å². The second kappa shape index (κ2) is 10.9. The van der Waals surface area contributed by atoms with Crippen LogP contribution in [0.5, 0.6) is 5.75 Å². The highest BCUT2D eigenvalue weighted by Gasteiger charge is 2.25. The molecule has 1 aliphatic rings. The number of rotatable bonds is 11. The zero-order valence-corrected chi connectivity index (χ0v) is 19.8. The Bertz CT molecular complexity index is 1020. The number of thiophene rings is 1. The average Bonchev–Trinajstić information content (AvgIpc) is 3.29. The van der Waals surface area contributed by atoms with Crippen LogP contribution in [0.15, 0.2) is 46.7 Å². The summed E-state index contributed by atoms with van der Waals surface area (Å²) in [5.41, 5.74) is 0. The number of ether oxygens (including phenoxy) is 2. The van der Waals surface area contributed by atoms with Crippen molar-refractivity contribution < 1.29 is 26.3 Å². The van der Waals surface area contributed by atoms with E-state index in [9.17, 15) is 16.8 Å². The Morgan fingerprint density at radius 2 is 1.84 bits per heavy atom. The third kappa shape index (κ3) is 6.99. The molecule has 1 N–H and O–H groups in total. The second-order valence-corrected chi connectivity index (χ2v) is 12.3. The van der Waals surface area contributed by atoms with Gasteiger partial charge in [-0.05, 0) is 35.7 Å². The second-order valence-electron chi connectivity index (χ2n) is 7.09. The van der Waals surface area contributed by atoms with Gasteiger partial charge in [-0.3, -0.25) is 4.90 Å². The number of sulfone groups is 1. The van der Waals surface area contributed by atoms with E-state index in [0.29, 0.717) is 19.0 Å². The molecule has 172 valence electrons. The van der Waals surface area contributed by atoms with Crippen LogP contribution in [0.25, 0.3) is 0 Å². The SMILES string of the molecule is CCS(=O)(=O)CCOc1ccc(S(=O)(=O)NCC(c2cccs2)N2CCOCC2)cc1. The summed E-state index contributed by atoms with van der Waals surface area (Å²) in [6.45, 7) is 4.65. The zero-order chi connectivity index (χ0) is 22.3. The van der Waals surface area contributed by atoms with Gasteiger partial charge in [-0.25, -0.2) is 21.6 Å². The summed E-state index contributed by atoms with van der Waals surface area (Å²) >= 11 is 1.61. The van der Waals surface area contributed by atoms with Crippen molar-refractivity contribution in [3.63, 3.8) is 0 Å². The van der Waals surface area contributed by atoms with Crippen LogP contribution in [-0.2, 0) is 24.6 Å². The number of sulfonamides is 1. The van der Waals surface area contributed by atoms with Gasteiger partial charge in [0.25, 0.3) is 0 Å². The number of hydrogen-bond acceptors (Lipinski definition) is 8. The van der Waals surface area contributed by atoms with E-state index in [2.05, 4.69) is 9.62 Å². The summed E-state index contributed by atoms with van der Waals surface area (Å²) < 4.78 is 62.3. The molecule has 0 bridgehead atoms. The third-order valence-electron chi connectivity index (χ3n) is 5.06.